The fourth-order valence-corrected chi connectivity index (χ4v) is 3.27. The summed E-state index contributed by atoms with van der Waals surface area (Å²) >= 11 is 0. The van der Waals surface area contributed by atoms with Crippen molar-refractivity contribution in [2.24, 2.45) is 0 Å². The van der Waals surface area contributed by atoms with Crippen molar-refractivity contribution in [3.8, 4) is 0 Å². The molecule has 1 N–H and O–H groups in total. The Labute approximate surface area is 148 Å². The van der Waals surface area contributed by atoms with Crippen LogP contribution >= 0.6 is 0 Å². The van der Waals surface area contributed by atoms with Crippen LogP contribution in [-0.4, -0.2) is 59.0 Å². The number of nitrogens with one attached hydrogen (secondary N) is 1. The van der Waals surface area contributed by atoms with Crippen LogP contribution < -0.4 is 0 Å². The van der Waals surface area contributed by atoms with Crippen LogP contribution in [0.3, 0.4) is 0 Å². The molecule has 2 heterocycles. The Morgan fingerprint density at radius 2 is 1.69 bits per heavy atom. The first-order valence-electron chi connectivity index (χ1n) is 8.39. The van der Waals surface area contributed by atoms with E-state index in [0.29, 0.717) is 5.56 Å². The van der Waals surface area contributed by atoms with E-state index in [1.165, 1.54) is 4.90 Å². The first kappa shape index (κ1) is 18.3. The van der Waals surface area contributed by atoms with E-state index in [2.05, 4.69) is 4.98 Å². The summed E-state index contributed by atoms with van der Waals surface area (Å²) in [6, 6.07) is 5.50. The Morgan fingerprint density at radius 3 is 2.31 bits per heavy atom. The molecule has 1 saturated heterocycles. The first-order valence-corrected chi connectivity index (χ1v) is 8.39. The van der Waals surface area contributed by atoms with E-state index in [1.807, 2.05) is 26.0 Å². The van der Waals surface area contributed by atoms with Gasteiger partial charge in [-0.3, -0.25) is 9.59 Å². The third kappa shape index (κ3) is 3.54. The molecule has 3 rings (SSSR count). The van der Waals surface area contributed by atoms with Gasteiger partial charge in [-0.15, -0.1) is 0 Å². The molecule has 1 aromatic heterocycles. The lowest BCUT2D eigenvalue weighted by Crippen LogP contribution is -2.51. The molecular weight excluding hydrogens is 347 g/mol. The molecule has 26 heavy (non-hydrogen) atoms. The number of hydrogen-bond donors (Lipinski definition) is 1. The van der Waals surface area contributed by atoms with Crippen LogP contribution in [0.15, 0.2) is 18.2 Å². The van der Waals surface area contributed by atoms with Gasteiger partial charge in [-0.05, 0) is 25.5 Å². The molecule has 1 fully saturated rings. The fraction of sp³-hybridized carbons (Fsp3) is 0.444. The predicted molar refractivity (Wildman–Crippen MR) is 90.9 cm³/mol. The molecule has 0 saturated carbocycles. The van der Waals surface area contributed by atoms with Crippen molar-refractivity contribution in [3.05, 3.63) is 35.0 Å². The number of piperazine rings is 1. The van der Waals surface area contributed by atoms with Gasteiger partial charge < -0.3 is 14.8 Å². The second-order valence-corrected chi connectivity index (χ2v) is 6.57. The molecule has 5 nitrogen and oxygen atoms in total. The van der Waals surface area contributed by atoms with Crippen LogP contribution in [0.5, 0.6) is 0 Å². The highest BCUT2D eigenvalue weighted by Gasteiger charge is 2.35. The minimum atomic E-state index is -4.51. The van der Waals surface area contributed by atoms with E-state index in [1.54, 1.807) is 11.0 Å². The number of fused-ring (bicyclic) bond motifs is 1. The molecule has 1 aliphatic rings. The average molecular weight is 367 g/mol. The Balaban J connectivity index is 1.72. The van der Waals surface area contributed by atoms with Crippen LogP contribution in [0.2, 0.25) is 0 Å². The van der Waals surface area contributed by atoms with Crippen molar-refractivity contribution in [1.82, 2.24) is 14.8 Å². The lowest BCUT2D eigenvalue weighted by molar-refractivity contribution is -0.162. The van der Waals surface area contributed by atoms with Gasteiger partial charge in [0.05, 0.1) is 11.1 Å². The summed E-state index contributed by atoms with van der Waals surface area (Å²) in [6.07, 6.45) is -5.97. The van der Waals surface area contributed by atoms with Gasteiger partial charge in [0.1, 0.15) is 6.42 Å². The normalized spacial score (nSPS) is 15.6. The van der Waals surface area contributed by atoms with Crippen LogP contribution in [0.25, 0.3) is 10.9 Å². The number of nitrogens with zero attached hydrogens (tertiary/aromatic N) is 2. The van der Waals surface area contributed by atoms with Gasteiger partial charge in [-0.2, -0.15) is 13.2 Å². The van der Waals surface area contributed by atoms with Crippen LogP contribution in [0.4, 0.5) is 13.2 Å². The van der Waals surface area contributed by atoms with E-state index in [-0.39, 0.29) is 32.1 Å². The molecule has 140 valence electrons. The number of carbonyl (C=O) groups excluding carboxylic acids is 2. The molecule has 2 aromatic rings. The van der Waals surface area contributed by atoms with Crippen molar-refractivity contribution in [2.75, 3.05) is 26.2 Å². The molecule has 0 radical (unpaired) electrons. The Kier molecular flexibility index (Phi) is 4.68. The monoisotopic (exact) mass is 367 g/mol. The number of halogens is 3. The lowest BCUT2D eigenvalue weighted by Gasteiger charge is -2.35. The van der Waals surface area contributed by atoms with E-state index in [0.717, 1.165) is 22.2 Å². The number of hydrogen-bond acceptors (Lipinski definition) is 2. The topological polar surface area (TPSA) is 56.4 Å². The average Bonchev–Trinajstić information content (AvgIpc) is 2.87. The van der Waals surface area contributed by atoms with E-state index in [4.69, 9.17) is 0 Å². The van der Waals surface area contributed by atoms with E-state index in [9.17, 15) is 22.8 Å². The highest BCUT2D eigenvalue weighted by Crippen LogP contribution is 2.26. The van der Waals surface area contributed by atoms with Gasteiger partial charge in [-0.1, -0.05) is 12.1 Å². The van der Waals surface area contributed by atoms with Crippen molar-refractivity contribution < 1.29 is 22.8 Å². The zero-order valence-corrected chi connectivity index (χ0v) is 14.6. The van der Waals surface area contributed by atoms with Gasteiger partial charge in [0, 0.05) is 37.3 Å². The van der Waals surface area contributed by atoms with Gasteiger partial charge >= 0.3 is 6.18 Å². The number of carbonyl (C=O) groups is 2. The Hall–Kier alpha value is -2.51. The maximum absolute atomic E-state index is 12.9. The van der Waals surface area contributed by atoms with Gasteiger partial charge in [-0.25, -0.2) is 0 Å². The number of amides is 2. The number of aromatic amines is 1. The largest absolute Gasteiger partial charge is 0.397 e. The summed E-state index contributed by atoms with van der Waals surface area (Å²) in [4.78, 5) is 30.5. The molecule has 1 aliphatic heterocycles. The maximum Gasteiger partial charge on any atom is 0.397 e. The molecule has 0 bridgehead atoms. The highest BCUT2D eigenvalue weighted by atomic mass is 19.4. The van der Waals surface area contributed by atoms with Gasteiger partial charge in [0.2, 0.25) is 5.91 Å². The quantitative estimate of drug-likeness (QED) is 0.887. The minimum absolute atomic E-state index is 0.111. The summed E-state index contributed by atoms with van der Waals surface area (Å²) in [5, 5.41) is 0.979. The van der Waals surface area contributed by atoms with E-state index >= 15 is 0 Å². The van der Waals surface area contributed by atoms with Gasteiger partial charge in [0.15, 0.2) is 0 Å². The minimum Gasteiger partial charge on any atom is -0.358 e. The van der Waals surface area contributed by atoms with Crippen molar-refractivity contribution in [3.63, 3.8) is 0 Å². The molecule has 2 amide bonds. The fourth-order valence-electron chi connectivity index (χ4n) is 3.27. The van der Waals surface area contributed by atoms with Gasteiger partial charge in [0.25, 0.3) is 5.91 Å². The molecule has 0 spiro atoms. The lowest BCUT2D eigenvalue weighted by atomic mass is 10.1. The SMILES string of the molecule is Cc1[nH]c2c(C(=O)N3CCN(C(=O)CC(F)(F)F)CC3)cccc2c1C. The highest BCUT2D eigenvalue weighted by molar-refractivity contribution is 6.06. The van der Waals surface area contributed by atoms with Crippen LogP contribution in [0.1, 0.15) is 28.0 Å². The number of aryl methyl sites for hydroxylation is 2. The van der Waals surface area contributed by atoms with Crippen molar-refractivity contribution >= 4 is 22.7 Å². The molecule has 0 aliphatic carbocycles. The standard InChI is InChI=1S/C18H20F3N3O2/c1-11-12(2)22-16-13(11)4-3-5-14(16)17(26)24-8-6-23(7-9-24)15(25)10-18(19,20)21/h3-5,22H,6-10H2,1-2H3. The van der Waals surface area contributed by atoms with Crippen molar-refractivity contribution in [1.29, 1.82) is 0 Å². The second-order valence-electron chi connectivity index (χ2n) is 6.57. The smallest absolute Gasteiger partial charge is 0.358 e. The molecule has 0 unspecified atom stereocenters. The zero-order chi connectivity index (χ0) is 19.1. The van der Waals surface area contributed by atoms with Crippen molar-refractivity contribution in [2.45, 2.75) is 26.4 Å². The number of H-pyrrole nitrogens is 1. The van der Waals surface area contributed by atoms with E-state index < -0.39 is 18.5 Å². The summed E-state index contributed by atoms with van der Waals surface area (Å²) in [6.45, 7) is 4.58. The second kappa shape index (κ2) is 6.66. The number of alkyl halides is 3. The predicted octanol–water partition coefficient (Wildman–Crippen LogP) is 3.02. The zero-order valence-electron chi connectivity index (χ0n) is 14.6. The molecule has 0 atom stereocenters. The third-order valence-electron chi connectivity index (χ3n) is 4.85. The molecule has 8 heteroatoms. The summed E-state index contributed by atoms with van der Waals surface area (Å²) in [7, 11) is 0. The summed E-state index contributed by atoms with van der Waals surface area (Å²) < 4.78 is 37.1. The maximum atomic E-state index is 12.9. The molecule has 1 aromatic carbocycles. The Bertz CT molecular complexity index is 849. The summed E-state index contributed by atoms with van der Waals surface area (Å²) in [5.41, 5.74) is 3.37. The Morgan fingerprint density at radius 1 is 1.08 bits per heavy atom. The summed E-state index contributed by atoms with van der Waals surface area (Å²) in [5.74, 6) is -1.12. The number of aromatic nitrogens is 1. The number of benzene rings is 1. The first-order chi connectivity index (χ1) is 12.2. The number of para-hydroxylation sites is 1. The number of rotatable bonds is 2. The van der Waals surface area contributed by atoms with Crippen LogP contribution in [0, 0.1) is 13.8 Å². The third-order valence-corrected chi connectivity index (χ3v) is 4.85. The molecular formula is C18H20F3N3O2. The van der Waals surface area contributed by atoms with Crippen LogP contribution in [-0.2, 0) is 4.79 Å².